The number of halogens is 2. The zero-order valence-electron chi connectivity index (χ0n) is 13.4. The minimum atomic E-state index is -0.304. The zero-order chi connectivity index (χ0) is 17.7. The maximum absolute atomic E-state index is 12.2. The Labute approximate surface area is 151 Å². The van der Waals surface area contributed by atoms with Crippen LogP contribution in [0, 0.1) is 0 Å². The van der Waals surface area contributed by atoms with Gasteiger partial charge in [0.25, 0.3) is 11.8 Å². The second-order valence-electron chi connectivity index (χ2n) is 5.47. The van der Waals surface area contributed by atoms with Crippen LogP contribution in [-0.2, 0) is 0 Å². The van der Waals surface area contributed by atoms with E-state index in [9.17, 15) is 9.59 Å². The first kappa shape index (κ1) is 18.3. The Hall–Kier alpha value is -2.04. The third-order valence-electron chi connectivity index (χ3n) is 3.52. The molecular weight excluding hydrogens is 347 g/mol. The SMILES string of the molecule is CCC(C)NC(=O)c1ccc(C(=O)Nc2cc(Cl)cc(Cl)c2)cc1. The monoisotopic (exact) mass is 364 g/mol. The maximum atomic E-state index is 12.2. The summed E-state index contributed by atoms with van der Waals surface area (Å²) in [5.41, 5.74) is 1.46. The molecule has 0 saturated carbocycles. The minimum Gasteiger partial charge on any atom is -0.350 e. The summed E-state index contributed by atoms with van der Waals surface area (Å²) in [7, 11) is 0. The number of amides is 2. The topological polar surface area (TPSA) is 58.2 Å². The van der Waals surface area contributed by atoms with Crippen LogP contribution in [-0.4, -0.2) is 17.9 Å². The first-order valence-corrected chi connectivity index (χ1v) is 8.33. The van der Waals surface area contributed by atoms with E-state index in [1.54, 1.807) is 42.5 Å². The van der Waals surface area contributed by atoms with E-state index in [0.717, 1.165) is 6.42 Å². The molecule has 0 saturated heterocycles. The number of carbonyl (C=O) groups excluding carboxylic acids is 2. The van der Waals surface area contributed by atoms with E-state index in [1.807, 2.05) is 13.8 Å². The van der Waals surface area contributed by atoms with Gasteiger partial charge < -0.3 is 10.6 Å². The van der Waals surface area contributed by atoms with Crippen molar-refractivity contribution in [3.63, 3.8) is 0 Å². The summed E-state index contributed by atoms with van der Waals surface area (Å²) in [4.78, 5) is 24.3. The van der Waals surface area contributed by atoms with E-state index in [0.29, 0.717) is 26.9 Å². The van der Waals surface area contributed by atoms with Crippen LogP contribution in [0.2, 0.25) is 10.0 Å². The van der Waals surface area contributed by atoms with Crippen LogP contribution in [0.5, 0.6) is 0 Å². The third-order valence-corrected chi connectivity index (χ3v) is 3.96. The van der Waals surface area contributed by atoms with Crippen molar-refractivity contribution in [1.82, 2.24) is 5.32 Å². The van der Waals surface area contributed by atoms with E-state index >= 15 is 0 Å². The quantitative estimate of drug-likeness (QED) is 0.802. The fourth-order valence-electron chi connectivity index (χ4n) is 2.01. The van der Waals surface area contributed by atoms with Crippen molar-refractivity contribution in [3.05, 3.63) is 63.6 Å². The highest BCUT2D eigenvalue weighted by Gasteiger charge is 2.11. The lowest BCUT2D eigenvalue weighted by molar-refractivity contribution is 0.0937. The van der Waals surface area contributed by atoms with Crippen LogP contribution < -0.4 is 10.6 Å². The van der Waals surface area contributed by atoms with Crippen LogP contribution in [0.25, 0.3) is 0 Å². The van der Waals surface area contributed by atoms with Gasteiger partial charge in [0.15, 0.2) is 0 Å². The highest BCUT2D eigenvalue weighted by Crippen LogP contribution is 2.23. The van der Waals surface area contributed by atoms with E-state index < -0.39 is 0 Å². The molecule has 0 spiro atoms. The molecule has 0 aliphatic heterocycles. The number of nitrogens with one attached hydrogen (secondary N) is 2. The molecule has 0 heterocycles. The number of benzene rings is 2. The number of hydrogen-bond donors (Lipinski definition) is 2. The first-order chi connectivity index (χ1) is 11.4. The minimum absolute atomic E-state index is 0.105. The van der Waals surface area contributed by atoms with Crippen molar-refractivity contribution in [2.45, 2.75) is 26.3 Å². The largest absolute Gasteiger partial charge is 0.350 e. The van der Waals surface area contributed by atoms with Gasteiger partial charge in [0.1, 0.15) is 0 Å². The zero-order valence-corrected chi connectivity index (χ0v) is 14.9. The van der Waals surface area contributed by atoms with Gasteiger partial charge in [-0.25, -0.2) is 0 Å². The Balaban J connectivity index is 2.07. The van der Waals surface area contributed by atoms with E-state index in [4.69, 9.17) is 23.2 Å². The predicted octanol–water partition coefficient (Wildman–Crippen LogP) is 4.77. The summed E-state index contributed by atoms with van der Waals surface area (Å²) in [6.07, 6.45) is 0.856. The van der Waals surface area contributed by atoms with Crippen molar-refractivity contribution in [2.24, 2.45) is 0 Å². The van der Waals surface area contributed by atoms with Crippen LogP contribution in [0.4, 0.5) is 5.69 Å². The van der Waals surface area contributed by atoms with Crippen molar-refractivity contribution in [3.8, 4) is 0 Å². The fraction of sp³-hybridized carbons (Fsp3) is 0.222. The molecule has 0 fully saturated rings. The normalized spacial score (nSPS) is 11.7. The summed E-state index contributed by atoms with van der Waals surface area (Å²) < 4.78 is 0. The molecule has 2 aromatic carbocycles. The van der Waals surface area contributed by atoms with Gasteiger partial charge in [-0.2, -0.15) is 0 Å². The Morgan fingerprint density at radius 2 is 1.46 bits per heavy atom. The summed E-state index contributed by atoms with van der Waals surface area (Å²) in [5, 5.41) is 6.48. The Morgan fingerprint density at radius 3 is 1.96 bits per heavy atom. The smallest absolute Gasteiger partial charge is 0.255 e. The van der Waals surface area contributed by atoms with Gasteiger partial charge in [0.2, 0.25) is 0 Å². The lowest BCUT2D eigenvalue weighted by atomic mass is 10.1. The Kier molecular flexibility index (Phi) is 6.23. The molecule has 2 aromatic rings. The molecule has 24 heavy (non-hydrogen) atoms. The van der Waals surface area contributed by atoms with Crippen LogP contribution in [0.15, 0.2) is 42.5 Å². The van der Waals surface area contributed by atoms with Gasteiger partial charge in [0, 0.05) is 32.9 Å². The molecule has 0 radical (unpaired) electrons. The van der Waals surface area contributed by atoms with Gasteiger partial charge in [-0.15, -0.1) is 0 Å². The van der Waals surface area contributed by atoms with Gasteiger partial charge in [-0.05, 0) is 55.8 Å². The second-order valence-corrected chi connectivity index (χ2v) is 6.35. The van der Waals surface area contributed by atoms with Gasteiger partial charge in [-0.1, -0.05) is 30.1 Å². The third kappa shape index (κ3) is 4.98. The molecular formula is C18H18Cl2N2O2. The van der Waals surface area contributed by atoms with Crippen molar-refractivity contribution in [2.75, 3.05) is 5.32 Å². The van der Waals surface area contributed by atoms with E-state index in [-0.39, 0.29) is 17.9 Å². The molecule has 2 amide bonds. The molecule has 4 nitrogen and oxygen atoms in total. The molecule has 0 bridgehead atoms. The molecule has 126 valence electrons. The van der Waals surface area contributed by atoms with Crippen LogP contribution >= 0.6 is 23.2 Å². The number of rotatable bonds is 5. The Morgan fingerprint density at radius 1 is 0.958 bits per heavy atom. The molecule has 1 atom stereocenters. The first-order valence-electron chi connectivity index (χ1n) is 7.57. The van der Waals surface area contributed by atoms with Crippen molar-refractivity contribution in [1.29, 1.82) is 0 Å². The second kappa shape index (κ2) is 8.18. The molecule has 2 rings (SSSR count). The standard InChI is InChI=1S/C18H18Cl2N2O2/c1-3-11(2)21-17(23)12-4-6-13(7-5-12)18(24)22-16-9-14(19)8-15(20)10-16/h4-11H,3H2,1-2H3,(H,21,23)(H,22,24). The Bertz CT molecular complexity index is 725. The summed E-state index contributed by atoms with van der Waals surface area (Å²) >= 11 is 11.8. The van der Waals surface area contributed by atoms with Crippen LogP contribution in [0.1, 0.15) is 41.0 Å². The fourth-order valence-corrected chi connectivity index (χ4v) is 2.54. The average Bonchev–Trinajstić information content (AvgIpc) is 2.53. The van der Waals surface area contributed by atoms with Gasteiger partial charge >= 0.3 is 0 Å². The maximum Gasteiger partial charge on any atom is 0.255 e. The summed E-state index contributed by atoms with van der Waals surface area (Å²) in [6, 6.07) is 11.4. The van der Waals surface area contributed by atoms with Gasteiger partial charge in [0.05, 0.1) is 0 Å². The molecule has 0 aliphatic rings. The number of carbonyl (C=O) groups is 2. The lowest BCUT2D eigenvalue weighted by Crippen LogP contribution is -2.31. The van der Waals surface area contributed by atoms with Crippen molar-refractivity contribution >= 4 is 40.7 Å². The molecule has 1 unspecified atom stereocenters. The van der Waals surface area contributed by atoms with Crippen molar-refractivity contribution < 1.29 is 9.59 Å². The highest BCUT2D eigenvalue weighted by atomic mass is 35.5. The van der Waals surface area contributed by atoms with Gasteiger partial charge in [-0.3, -0.25) is 9.59 Å². The number of anilines is 1. The lowest BCUT2D eigenvalue weighted by Gasteiger charge is -2.11. The molecule has 6 heteroatoms. The molecule has 0 aliphatic carbocycles. The van der Waals surface area contributed by atoms with E-state index in [2.05, 4.69) is 10.6 Å². The molecule has 2 N–H and O–H groups in total. The van der Waals surface area contributed by atoms with E-state index in [1.165, 1.54) is 0 Å². The summed E-state index contributed by atoms with van der Waals surface area (Å²) in [6.45, 7) is 3.94. The highest BCUT2D eigenvalue weighted by molar-refractivity contribution is 6.35. The summed E-state index contributed by atoms with van der Waals surface area (Å²) in [5.74, 6) is -0.458. The predicted molar refractivity (Wildman–Crippen MR) is 98.1 cm³/mol. The number of hydrogen-bond acceptors (Lipinski definition) is 2. The average molecular weight is 365 g/mol. The molecule has 0 aromatic heterocycles. The van der Waals surface area contributed by atoms with Crippen LogP contribution in [0.3, 0.4) is 0 Å².